The zero-order valence-corrected chi connectivity index (χ0v) is 11.7. The second-order valence-electron chi connectivity index (χ2n) is 5.18. The largest absolute Gasteiger partial charge is 0.481 e. The first-order valence-electron chi connectivity index (χ1n) is 6.37. The minimum absolute atomic E-state index is 0.271. The van der Waals surface area contributed by atoms with Gasteiger partial charge in [-0.1, -0.05) is 25.1 Å². The van der Waals surface area contributed by atoms with Gasteiger partial charge >= 0.3 is 5.97 Å². The molecule has 0 radical (unpaired) electrons. The van der Waals surface area contributed by atoms with Crippen LogP contribution in [0.25, 0.3) is 0 Å². The molecule has 1 unspecified atom stereocenters. The molecule has 0 spiro atoms. The van der Waals surface area contributed by atoms with Crippen molar-refractivity contribution in [1.82, 2.24) is 4.90 Å². The summed E-state index contributed by atoms with van der Waals surface area (Å²) in [6.07, 6.45) is 0.691. The molecule has 0 aliphatic rings. The lowest BCUT2D eigenvalue weighted by molar-refractivity contribution is -0.141. The summed E-state index contributed by atoms with van der Waals surface area (Å²) in [6, 6.07) is 6.48. The van der Waals surface area contributed by atoms with Crippen LogP contribution in [0, 0.1) is 19.8 Å². The summed E-state index contributed by atoms with van der Waals surface area (Å²) >= 11 is 0. The molecule has 1 aromatic rings. The first-order chi connectivity index (χ1) is 8.40. The van der Waals surface area contributed by atoms with Crippen molar-refractivity contribution in [2.75, 3.05) is 13.6 Å². The van der Waals surface area contributed by atoms with Crippen LogP contribution in [0.1, 0.15) is 30.0 Å². The zero-order chi connectivity index (χ0) is 13.7. The van der Waals surface area contributed by atoms with Gasteiger partial charge in [0.25, 0.3) is 0 Å². The number of nitrogens with zero attached hydrogens (tertiary/aromatic N) is 1. The summed E-state index contributed by atoms with van der Waals surface area (Å²) < 4.78 is 0. The number of benzene rings is 1. The van der Waals surface area contributed by atoms with E-state index in [4.69, 9.17) is 5.11 Å². The van der Waals surface area contributed by atoms with Crippen LogP contribution >= 0.6 is 0 Å². The van der Waals surface area contributed by atoms with Crippen LogP contribution in [0.3, 0.4) is 0 Å². The third-order valence-electron chi connectivity index (χ3n) is 3.39. The first kappa shape index (κ1) is 14.7. The molecule has 0 aliphatic carbocycles. The SMILES string of the molecule is Cc1ccc(CN(C)CCC(C)C(=O)O)cc1C. The fraction of sp³-hybridized carbons (Fsp3) is 0.533. The molecular formula is C15H23NO2. The average molecular weight is 249 g/mol. The zero-order valence-electron chi connectivity index (χ0n) is 11.7. The van der Waals surface area contributed by atoms with Crippen molar-refractivity contribution in [1.29, 1.82) is 0 Å². The van der Waals surface area contributed by atoms with Gasteiger partial charge in [0.05, 0.1) is 5.92 Å². The lowest BCUT2D eigenvalue weighted by Gasteiger charge is -2.18. The van der Waals surface area contributed by atoms with Crippen LogP contribution in [0.4, 0.5) is 0 Å². The number of carboxylic acid groups (broad SMARTS) is 1. The van der Waals surface area contributed by atoms with Gasteiger partial charge in [-0.3, -0.25) is 4.79 Å². The van der Waals surface area contributed by atoms with Gasteiger partial charge in [0.2, 0.25) is 0 Å². The van der Waals surface area contributed by atoms with Gasteiger partial charge in [-0.25, -0.2) is 0 Å². The Morgan fingerprint density at radius 1 is 1.33 bits per heavy atom. The first-order valence-corrected chi connectivity index (χ1v) is 6.37. The van der Waals surface area contributed by atoms with Gasteiger partial charge in [-0.15, -0.1) is 0 Å². The van der Waals surface area contributed by atoms with Crippen molar-refractivity contribution < 1.29 is 9.90 Å². The number of rotatable bonds is 6. The van der Waals surface area contributed by atoms with Crippen LogP contribution in [0.2, 0.25) is 0 Å². The van der Waals surface area contributed by atoms with Crippen LogP contribution in [-0.2, 0) is 11.3 Å². The highest BCUT2D eigenvalue weighted by Crippen LogP contribution is 2.12. The Bertz CT molecular complexity index is 415. The Morgan fingerprint density at radius 2 is 2.00 bits per heavy atom. The second kappa shape index (κ2) is 6.55. The highest BCUT2D eigenvalue weighted by atomic mass is 16.4. The minimum atomic E-state index is -0.713. The summed E-state index contributed by atoms with van der Waals surface area (Å²) in [7, 11) is 2.03. The molecule has 1 aromatic carbocycles. The number of aryl methyl sites for hydroxylation is 2. The van der Waals surface area contributed by atoms with E-state index in [0.717, 1.165) is 13.1 Å². The molecule has 0 saturated heterocycles. The molecule has 1 atom stereocenters. The maximum atomic E-state index is 10.7. The standard InChI is InChI=1S/C15H23NO2/c1-11-5-6-14(9-13(11)3)10-16(4)8-7-12(2)15(17)18/h5-6,9,12H,7-8,10H2,1-4H3,(H,17,18). The van der Waals surface area contributed by atoms with E-state index in [-0.39, 0.29) is 5.92 Å². The predicted octanol–water partition coefficient (Wildman–Crippen LogP) is 2.85. The molecule has 1 N–H and O–H groups in total. The van der Waals surface area contributed by atoms with E-state index >= 15 is 0 Å². The molecule has 0 heterocycles. The van der Waals surface area contributed by atoms with Gasteiger partial charge in [0.15, 0.2) is 0 Å². The molecular weight excluding hydrogens is 226 g/mol. The minimum Gasteiger partial charge on any atom is -0.481 e. The molecule has 0 aliphatic heterocycles. The van der Waals surface area contributed by atoms with E-state index in [2.05, 4.69) is 36.9 Å². The Kier molecular flexibility index (Phi) is 5.35. The van der Waals surface area contributed by atoms with E-state index in [1.807, 2.05) is 7.05 Å². The lowest BCUT2D eigenvalue weighted by atomic mass is 10.1. The molecule has 3 heteroatoms. The number of hydrogen-bond acceptors (Lipinski definition) is 2. The topological polar surface area (TPSA) is 40.5 Å². The molecule has 1 rings (SSSR count). The summed E-state index contributed by atoms with van der Waals surface area (Å²) in [6.45, 7) is 7.66. The average Bonchev–Trinajstić information content (AvgIpc) is 2.30. The fourth-order valence-electron chi connectivity index (χ4n) is 1.83. The van der Waals surface area contributed by atoms with Crippen molar-refractivity contribution >= 4 is 5.97 Å². The number of hydrogen-bond donors (Lipinski definition) is 1. The molecule has 100 valence electrons. The Labute approximate surface area is 109 Å². The van der Waals surface area contributed by atoms with Crippen molar-refractivity contribution in [2.45, 2.75) is 33.7 Å². The molecule has 18 heavy (non-hydrogen) atoms. The summed E-state index contributed by atoms with van der Waals surface area (Å²) in [5.74, 6) is -0.984. The van der Waals surface area contributed by atoms with E-state index in [1.54, 1.807) is 6.92 Å². The van der Waals surface area contributed by atoms with Crippen molar-refractivity contribution in [2.24, 2.45) is 5.92 Å². The highest BCUT2D eigenvalue weighted by molar-refractivity contribution is 5.69. The monoisotopic (exact) mass is 249 g/mol. The maximum Gasteiger partial charge on any atom is 0.306 e. The van der Waals surface area contributed by atoms with Crippen LogP contribution in [0.5, 0.6) is 0 Å². The van der Waals surface area contributed by atoms with E-state index < -0.39 is 5.97 Å². The molecule has 0 aromatic heterocycles. The quantitative estimate of drug-likeness (QED) is 0.842. The lowest BCUT2D eigenvalue weighted by Crippen LogP contribution is -2.23. The molecule has 0 amide bonds. The van der Waals surface area contributed by atoms with Gasteiger partial charge in [0.1, 0.15) is 0 Å². The Hall–Kier alpha value is -1.35. The third-order valence-corrected chi connectivity index (χ3v) is 3.39. The predicted molar refractivity (Wildman–Crippen MR) is 73.7 cm³/mol. The fourth-order valence-corrected chi connectivity index (χ4v) is 1.83. The summed E-state index contributed by atoms with van der Waals surface area (Å²) in [4.78, 5) is 12.9. The van der Waals surface area contributed by atoms with Gasteiger partial charge in [-0.2, -0.15) is 0 Å². The number of carboxylic acids is 1. The summed E-state index contributed by atoms with van der Waals surface area (Å²) in [5.41, 5.74) is 3.89. The third kappa shape index (κ3) is 4.49. The van der Waals surface area contributed by atoms with E-state index in [0.29, 0.717) is 6.42 Å². The second-order valence-corrected chi connectivity index (χ2v) is 5.18. The molecule has 0 saturated carbocycles. The molecule has 0 fully saturated rings. The van der Waals surface area contributed by atoms with Crippen molar-refractivity contribution in [3.05, 3.63) is 34.9 Å². The smallest absolute Gasteiger partial charge is 0.306 e. The van der Waals surface area contributed by atoms with Crippen molar-refractivity contribution in [3.8, 4) is 0 Å². The number of aliphatic carboxylic acids is 1. The van der Waals surface area contributed by atoms with Gasteiger partial charge < -0.3 is 10.0 Å². The normalized spacial score (nSPS) is 12.7. The molecule has 0 bridgehead atoms. The van der Waals surface area contributed by atoms with E-state index in [9.17, 15) is 4.79 Å². The Balaban J connectivity index is 2.46. The van der Waals surface area contributed by atoms with Gasteiger partial charge in [0, 0.05) is 6.54 Å². The van der Waals surface area contributed by atoms with Crippen molar-refractivity contribution in [3.63, 3.8) is 0 Å². The van der Waals surface area contributed by atoms with E-state index in [1.165, 1.54) is 16.7 Å². The molecule has 3 nitrogen and oxygen atoms in total. The summed E-state index contributed by atoms with van der Waals surface area (Å²) in [5, 5.41) is 8.83. The van der Waals surface area contributed by atoms with Crippen LogP contribution < -0.4 is 0 Å². The van der Waals surface area contributed by atoms with Crippen LogP contribution in [0.15, 0.2) is 18.2 Å². The van der Waals surface area contributed by atoms with Crippen LogP contribution in [-0.4, -0.2) is 29.6 Å². The Morgan fingerprint density at radius 3 is 2.56 bits per heavy atom. The number of carbonyl (C=O) groups is 1. The maximum absolute atomic E-state index is 10.7. The highest BCUT2D eigenvalue weighted by Gasteiger charge is 2.11. The van der Waals surface area contributed by atoms with Gasteiger partial charge in [-0.05, 0) is 50.6 Å².